The van der Waals surface area contributed by atoms with E-state index in [1.807, 2.05) is 0 Å². The summed E-state index contributed by atoms with van der Waals surface area (Å²) in [5, 5.41) is 0.310. The van der Waals surface area contributed by atoms with Crippen LogP contribution >= 0.6 is 11.6 Å². The molecule has 0 saturated carbocycles. The SMILES string of the molecule is COc1cc(C(F)(F)CCN)ccc1Cl. The number of benzene rings is 1. The molecule has 15 heavy (non-hydrogen) atoms. The van der Waals surface area contributed by atoms with Crippen LogP contribution < -0.4 is 10.5 Å². The van der Waals surface area contributed by atoms with Crippen LogP contribution in [-0.4, -0.2) is 13.7 Å². The molecule has 1 rings (SSSR count). The van der Waals surface area contributed by atoms with Crippen molar-refractivity contribution in [1.29, 1.82) is 0 Å². The molecule has 0 spiro atoms. The van der Waals surface area contributed by atoms with Gasteiger partial charge in [-0.1, -0.05) is 17.7 Å². The Kier molecular flexibility index (Phi) is 3.88. The van der Waals surface area contributed by atoms with Crippen LogP contribution in [0.1, 0.15) is 12.0 Å². The highest BCUT2D eigenvalue weighted by Crippen LogP contribution is 2.35. The number of hydrogen-bond donors (Lipinski definition) is 1. The smallest absolute Gasteiger partial charge is 0.274 e. The maximum atomic E-state index is 13.4. The predicted molar refractivity (Wildman–Crippen MR) is 55.6 cm³/mol. The Labute approximate surface area is 92.0 Å². The van der Waals surface area contributed by atoms with Gasteiger partial charge >= 0.3 is 0 Å². The third-order valence-electron chi connectivity index (χ3n) is 2.03. The Balaban J connectivity index is 3.04. The largest absolute Gasteiger partial charge is 0.495 e. The Hall–Kier alpha value is -0.870. The molecule has 0 atom stereocenters. The van der Waals surface area contributed by atoms with Gasteiger partial charge in [0.1, 0.15) is 5.75 Å². The second-order valence-electron chi connectivity index (χ2n) is 3.09. The number of methoxy groups -OCH3 is 1. The second-order valence-corrected chi connectivity index (χ2v) is 3.50. The van der Waals surface area contributed by atoms with Gasteiger partial charge in [-0.05, 0) is 18.7 Å². The Morgan fingerprint density at radius 3 is 2.67 bits per heavy atom. The van der Waals surface area contributed by atoms with Crippen LogP contribution in [0.2, 0.25) is 5.02 Å². The molecule has 2 nitrogen and oxygen atoms in total. The molecule has 0 aliphatic carbocycles. The molecule has 0 saturated heterocycles. The molecule has 0 fully saturated rings. The van der Waals surface area contributed by atoms with Crippen LogP contribution in [-0.2, 0) is 5.92 Å². The maximum absolute atomic E-state index is 13.4. The molecule has 2 N–H and O–H groups in total. The Bertz CT molecular complexity index is 344. The fourth-order valence-electron chi connectivity index (χ4n) is 1.21. The highest BCUT2D eigenvalue weighted by atomic mass is 35.5. The lowest BCUT2D eigenvalue weighted by Crippen LogP contribution is -2.18. The van der Waals surface area contributed by atoms with Gasteiger partial charge in [-0.2, -0.15) is 0 Å². The topological polar surface area (TPSA) is 35.2 Å². The van der Waals surface area contributed by atoms with E-state index in [4.69, 9.17) is 22.1 Å². The number of nitrogens with two attached hydrogens (primary N) is 1. The molecule has 5 heteroatoms. The van der Waals surface area contributed by atoms with Crippen molar-refractivity contribution in [2.24, 2.45) is 5.73 Å². The van der Waals surface area contributed by atoms with Crippen molar-refractivity contribution in [3.8, 4) is 5.75 Å². The lowest BCUT2D eigenvalue weighted by atomic mass is 10.1. The van der Waals surface area contributed by atoms with Gasteiger partial charge in [0.2, 0.25) is 0 Å². The van der Waals surface area contributed by atoms with Crippen molar-refractivity contribution in [2.75, 3.05) is 13.7 Å². The molecular formula is C10H12ClF2NO. The standard InChI is InChI=1S/C10H12ClF2NO/c1-15-9-6-7(2-3-8(9)11)10(12,13)4-5-14/h2-3,6H,4-5,14H2,1H3. The van der Waals surface area contributed by atoms with Gasteiger partial charge in [0.15, 0.2) is 0 Å². The Morgan fingerprint density at radius 2 is 2.13 bits per heavy atom. The molecule has 0 radical (unpaired) electrons. The molecule has 0 aliphatic rings. The van der Waals surface area contributed by atoms with Crippen molar-refractivity contribution in [3.63, 3.8) is 0 Å². The molecule has 0 unspecified atom stereocenters. The molecule has 0 aliphatic heterocycles. The minimum Gasteiger partial charge on any atom is -0.495 e. The number of hydrogen-bond acceptors (Lipinski definition) is 2. The van der Waals surface area contributed by atoms with Gasteiger partial charge in [0, 0.05) is 12.0 Å². The van der Waals surface area contributed by atoms with E-state index in [2.05, 4.69) is 0 Å². The number of alkyl halides is 2. The minimum atomic E-state index is -2.94. The monoisotopic (exact) mass is 235 g/mol. The van der Waals surface area contributed by atoms with E-state index in [0.717, 1.165) is 0 Å². The molecular weight excluding hydrogens is 224 g/mol. The van der Waals surface area contributed by atoms with Crippen LogP contribution in [0.4, 0.5) is 8.78 Å². The minimum absolute atomic E-state index is 0.0715. The fraction of sp³-hybridized carbons (Fsp3) is 0.400. The van der Waals surface area contributed by atoms with Gasteiger partial charge in [-0.15, -0.1) is 0 Å². The predicted octanol–water partition coefficient (Wildman–Crippen LogP) is 2.79. The molecule has 0 amide bonds. The number of halogens is 3. The molecule has 0 heterocycles. The average Bonchev–Trinajstić information content (AvgIpc) is 2.18. The zero-order valence-electron chi connectivity index (χ0n) is 8.27. The van der Waals surface area contributed by atoms with Crippen LogP contribution in [0.5, 0.6) is 5.75 Å². The van der Waals surface area contributed by atoms with Crippen molar-refractivity contribution in [1.82, 2.24) is 0 Å². The van der Waals surface area contributed by atoms with E-state index in [-0.39, 0.29) is 17.9 Å². The van der Waals surface area contributed by atoms with Gasteiger partial charge in [-0.3, -0.25) is 0 Å². The van der Waals surface area contributed by atoms with Crippen molar-refractivity contribution >= 4 is 11.6 Å². The summed E-state index contributed by atoms with van der Waals surface area (Å²) in [5.74, 6) is -2.70. The van der Waals surface area contributed by atoms with Gasteiger partial charge < -0.3 is 10.5 Å². The van der Waals surface area contributed by atoms with Crippen LogP contribution in [0.25, 0.3) is 0 Å². The summed E-state index contributed by atoms with van der Waals surface area (Å²) >= 11 is 5.73. The van der Waals surface area contributed by atoms with E-state index >= 15 is 0 Å². The first-order valence-electron chi connectivity index (χ1n) is 4.43. The van der Waals surface area contributed by atoms with Gasteiger partial charge in [0.05, 0.1) is 12.1 Å². The van der Waals surface area contributed by atoms with Gasteiger partial charge in [-0.25, -0.2) is 8.78 Å². The lowest BCUT2D eigenvalue weighted by molar-refractivity contribution is -0.0108. The summed E-state index contributed by atoms with van der Waals surface area (Å²) < 4.78 is 31.7. The summed E-state index contributed by atoms with van der Waals surface area (Å²) in [4.78, 5) is 0. The zero-order valence-corrected chi connectivity index (χ0v) is 9.02. The zero-order chi connectivity index (χ0) is 11.5. The molecule has 1 aromatic rings. The summed E-state index contributed by atoms with van der Waals surface area (Å²) in [7, 11) is 1.38. The number of rotatable bonds is 4. The summed E-state index contributed by atoms with van der Waals surface area (Å²) in [6.07, 6.45) is -0.391. The highest BCUT2D eigenvalue weighted by Gasteiger charge is 2.31. The van der Waals surface area contributed by atoms with Crippen LogP contribution in [0.3, 0.4) is 0 Å². The van der Waals surface area contributed by atoms with Gasteiger partial charge in [0.25, 0.3) is 5.92 Å². The van der Waals surface area contributed by atoms with E-state index in [9.17, 15) is 8.78 Å². The second kappa shape index (κ2) is 4.77. The molecule has 1 aromatic carbocycles. The first-order valence-corrected chi connectivity index (χ1v) is 4.81. The lowest BCUT2D eigenvalue weighted by Gasteiger charge is -2.16. The van der Waals surface area contributed by atoms with Crippen molar-refractivity contribution < 1.29 is 13.5 Å². The third-order valence-corrected chi connectivity index (χ3v) is 2.34. The van der Waals surface area contributed by atoms with E-state index in [0.29, 0.717) is 5.02 Å². The van der Waals surface area contributed by atoms with E-state index in [1.54, 1.807) is 0 Å². The van der Waals surface area contributed by atoms with Crippen LogP contribution in [0, 0.1) is 0 Å². The summed E-state index contributed by atoms with van der Waals surface area (Å²) in [6.45, 7) is -0.0715. The van der Waals surface area contributed by atoms with E-state index in [1.165, 1.54) is 25.3 Å². The third kappa shape index (κ3) is 2.79. The number of ether oxygens (including phenoxy) is 1. The summed E-state index contributed by atoms with van der Waals surface area (Å²) in [5.41, 5.74) is 4.98. The first kappa shape index (κ1) is 12.2. The summed E-state index contributed by atoms with van der Waals surface area (Å²) in [6, 6.07) is 3.90. The normalized spacial score (nSPS) is 11.5. The van der Waals surface area contributed by atoms with E-state index < -0.39 is 12.3 Å². The first-order chi connectivity index (χ1) is 7.01. The van der Waals surface area contributed by atoms with Crippen molar-refractivity contribution in [2.45, 2.75) is 12.3 Å². The molecule has 0 aromatic heterocycles. The maximum Gasteiger partial charge on any atom is 0.274 e. The average molecular weight is 236 g/mol. The van der Waals surface area contributed by atoms with Crippen LogP contribution in [0.15, 0.2) is 18.2 Å². The highest BCUT2D eigenvalue weighted by molar-refractivity contribution is 6.32. The fourth-order valence-corrected chi connectivity index (χ4v) is 1.41. The quantitative estimate of drug-likeness (QED) is 0.871. The molecule has 84 valence electrons. The van der Waals surface area contributed by atoms with Crippen molar-refractivity contribution in [3.05, 3.63) is 28.8 Å². The molecule has 0 bridgehead atoms. The Morgan fingerprint density at radius 1 is 1.47 bits per heavy atom.